The van der Waals surface area contributed by atoms with Gasteiger partial charge in [-0.3, -0.25) is 9.36 Å². The first-order valence-corrected chi connectivity index (χ1v) is 11.6. The normalized spacial score (nSPS) is 10.7. The number of halogens is 1. The molecular formula is C25H23FN4O3S. The lowest BCUT2D eigenvalue weighted by Crippen LogP contribution is -2.14. The Labute approximate surface area is 200 Å². The highest BCUT2D eigenvalue weighted by Crippen LogP contribution is 2.30. The van der Waals surface area contributed by atoms with Gasteiger partial charge in [-0.25, -0.2) is 4.39 Å². The maximum atomic E-state index is 13.4. The highest BCUT2D eigenvalue weighted by molar-refractivity contribution is 7.99. The second-order valence-corrected chi connectivity index (χ2v) is 8.09. The second-order valence-electron chi connectivity index (χ2n) is 7.14. The molecule has 3 aromatic carbocycles. The van der Waals surface area contributed by atoms with E-state index in [-0.39, 0.29) is 11.7 Å². The summed E-state index contributed by atoms with van der Waals surface area (Å²) in [7, 11) is 1.61. The van der Waals surface area contributed by atoms with Gasteiger partial charge < -0.3 is 14.8 Å². The van der Waals surface area contributed by atoms with Crippen molar-refractivity contribution in [3.63, 3.8) is 0 Å². The first kappa shape index (κ1) is 23.3. The summed E-state index contributed by atoms with van der Waals surface area (Å²) >= 11 is 1.24. The van der Waals surface area contributed by atoms with Gasteiger partial charge in [-0.15, -0.1) is 10.2 Å². The Hall–Kier alpha value is -3.85. The minimum absolute atomic E-state index is 0.0777. The molecule has 0 saturated heterocycles. The van der Waals surface area contributed by atoms with Gasteiger partial charge in [0.1, 0.15) is 17.3 Å². The van der Waals surface area contributed by atoms with E-state index in [1.807, 2.05) is 60.0 Å². The van der Waals surface area contributed by atoms with Gasteiger partial charge in [0.25, 0.3) is 0 Å². The van der Waals surface area contributed by atoms with Crippen LogP contribution >= 0.6 is 11.8 Å². The van der Waals surface area contributed by atoms with Crippen molar-refractivity contribution in [2.75, 3.05) is 24.8 Å². The monoisotopic (exact) mass is 478 g/mol. The predicted molar refractivity (Wildman–Crippen MR) is 130 cm³/mol. The maximum absolute atomic E-state index is 13.4. The molecule has 0 bridgehead atoms. The Balaban J connectivity index is 1.60. The Morgan fingerprint density at radius 2 is 1.76 bits per heavy atom. The number of ether oxygens (including phenoxy) is 2. The van der Waals surface area contributed by atoms with E-state index >= 15 is 0 Å². The third-order valence-electron chi connectivity index (χ3n) is 4.83. The van der Waals surface area contributed by atoms with Crippen molar-refractivity contribution in [2.45, 2.75) is 12.1 Å². The zero-order valence-electron chi connectivity index (χ0n) is 18.7. The molecular weight excluding hydrogens is 455 g/mol. The number of benzene rings is 3. The lowest BCUT2D eigenvalue weighted by atomic mass is 10.2. The molecule has 0 aliphatic carbocycles. The van der Waals surface area contributed by atoms with E-state index in [1.165, 1.54) is 23.9 Å². The van der Waals surface area contributed by atoms with Crippen molar-refractivity contribution in [3.05, 3.63) is 78.6 Å². The summed E-state index contributed by atoms with van der Waals surface area (Å²) in [4.78, 5) is 12.5. The third-order valence-corrected chi connectivity index (χ3v) is 5.76. The fourth-order valence-electron chi connectivity index (χ4n) is 3.27. The molecule has 0 fully saturated rings. The van der Waals surface area contributed by atoms with Gasteiger partial charge >= 0.3 is 0 Å². The molecule has 1 heterocycles. The molecule has 0 saturated carbocycles. The second kappa shape index (κ2) is 10.8. The van der Waals surface area contributed by atoms with Crippen LogP contribution < -0.4 is 14.8 Å². The molecule has 4 rings (SSSR count). The van der Waals surface area contributed by atoms with Gasteiger partial charge in [0.2, 0.25) is 5.91 Å². The van der Waals surface area contributed by atoms with E-state index in [1.54, 1.807) is 19.2 Å². The topological polar surface area (TPSA) is 78.3 Å². The molecule has 174 valence electrons. The van der Waals surface area contributed by atoms with Gasteiger partial charge in [-0.1, -0.05) is 17.8 Å². The first-order chi connectivity index (χ1) is 16.6. The van der Waals surface area contributed by atoms with Gasteiger partial charge in [-0.2, -0.15) is 0 Å². The fourth-order valence-corrected chi connectivity index (χ4v) is 4.03. The van der Waals surface area contributed by atoms with Crippen LogP contribution in [0.3, 0.4) is 0 Å². The van der Waals surface area contributed by atoms with E-state index in [4.69, 9.17) is 9.47 Å². The average Bonchev–Trinajstić information content (AvgIpc) is 3.27. The van der Waals surface area contributed by atoms with Crippen molar-refractivity contribution in [1.29, 1.82) is 0 Å². The van der Waals surface area contributed by atoms with E-state index in [2.05, 4.69) is 15.5 Å². The molecule has 0 unspecified atom stereocenters. The molecule has 0 atom stereocenters. The minimum atomic E-state index is -0.412. The molecule has 0 radical (unpaired) electrons. The van der Waals surface area contributed by atoms with Gasteiger partial charge in [0, 0.05) is 16.9 Å². The highest BCUT2D eigenvalue weighted by atomic mass is 32.2. The van der Waals surface area contributed by atoms with Crippen LogP contribution in [-0.2, 0) is 4.79 Å². The largest absolute Gasteiger partial charge is 0.497 e. The molecule has 0 spiro atoms. The number of amides is 1. The molecule has 1 N–H and O–H groups in total. The Kier molecular flexibility index (Phi) is 7.44. The van der Waals surface area contributed by atoms with Crippen LogP contribution in [0.1, 0.15) is 6.92 Å². The SMILES string of the molecule is CCOc1ccc(-n2c(SCC(=O)Nc3cccc(F)c3)nnc2-c2ccc(OC)cc2)cc1. The molecule has 4 aromatic rings. The number of nitrogens with zero attached hydrogens (tertiary/aromatic N) is 3. The number of rotatable bonds is 9. The van der Waals surface area contributed by atoms with E-state index in [0.717, 1.165) is 22.7 Å². The standard InChI is InChI=1S/C25H23FN4O3S/c1-3-33-22-13-9-20(10-14-22)30-24(17-7-11-21(32-2)12-8-17)28-29-25(30)34-16-23(31)27-19-6-4-5-18(26)15-19/h4-15H,3,16H2,1-2H3,(H,27,31). The summed E-state index contributed by atoms with van der Waals surface area (Å²) < 4.78 is 26.1. The lowest BCUT2D eigenvalue weighted by molar-refractivity contribution is -0.113. The minimum Gasteiger partial charge on any atom is -0.497 e. The molecule has 0 aliphatic heterocycles. The molecule has 34 heavy (non-hydrogen) atoms. The van der Waals surface area contributed by atoms with Crippen molar-refractivity contribution in [1.82, 2.24) is 14.8 Å². The van der Waals surface area contributed by atoms with Crippen molar-refractivity contribution < 1.29 is 18.7 Å². The number of aromatic nitrogens is 3. The Bertz CT molecular complexity index is 1260. The number of hydrogen-bond acceptors (Lipinski definition) is 6. The summed E-state index contributed by atoms with van der Waals surface area (Å²) in [5.74, 6) is 1.51. The molecule has 1 amide bonds. The van der Waals surface area contributed by atoms with Gasteiger partial charge in [0.15, 0.2) is 11.0 Å². The smallest absolute Gasteiger partial charge is 0.234 e. The van der Waals surface area contributed by atoms with Crippen LogP contribution in [0.15, 0.2) is 78.0 Å². The average molecular weight is 479 g/mol. The molecule has 1 aromatic heterocycles. The summed E-state index contributed by atoms with van der Waals surface area (Å²) in [6, 6.07) is 20.9. The quantitative estimate of drug-likeness (QED) is 0.333. The number of carbonyl (C=O) groups is 1. The fraction of sp³-hybridized carbons (Fsp3) is 0.160. The van der Waals surface area contributed by atoms with Crippen molar-refractivity contribution in [3.8, 4) is 28.6 Å². The zero-order chi connectivity index (χ0) is 23.9. The van der Waals surface area contributed by atoms with Crippen LogP contribution in [0.4, 0.5) is 10.1 Å². The van der Waals surface area contributed by atoms with Gasteiger partial charge in [-0.05, 0) is 73.7 Å². The van der Waals surface area contributed by atoms with Crippen LogP contribution in [0.2, 0.25) is 0 Å². The molecule has 7 nitrogen and oxygen atoms in total. The number of anilines is 1. The van der Waals surface area contributed by atoms with Crippen LogP contribution in [0.25, 0.3) is 17.1 Å². The lowest BCUT2D eigenvalue weighted by Gasteiger charge is -2.12. The number of hydrogen-bond donors (Lipinski definition) is 1. The predicted octanol–water partition coefficient (Wildman–Crippen LogP) is 5.21. The number of thioether (sulfide) groups is 1. The van der Waals surface area contributed by atoms with Crippen LogP contribution in [0, 0.1) is 5.82 Å². The zero-order valence-corrected chi connectivity index (χ0v) is 19.5. The number of carbonyl (C=O) groups excluding carboxylic acids is 1. The number of methoxy groups -OCH3 is 1. The van der Waals surface area contributed by atoms with Crippen LogP contribution in [-0.4, -0.2) is 40.1 Å². The summed E-state index contributed by atoms with van der Waals surface area (Å²) in [5.41, 5.74) is 2.07. The third kappa shape index (κ3) is 5.55. The maximum Gasteiger partial charge on any atom is 0.234 e. The Morgan fingerprint density at radius 1 is 1.03 bits per heavy atom. The van der Waals surface area contributed by atoms with Crippen molar-refractivity contribution in [2.24, 2.45) is 0 Å². The van der Waals surface area contributed by atoms with E-state index < -0.39 is 5.82 Å². The molecule has 9 heteroatoms. The summed E-state index contributed by atoms with van der Waals surface area (Å²) in [6.45, 7) is 2.50. The first-order valence-electron chi connectivity index (χ1n) is 10.6. The van der Waals surface area contributed by atoms with Crippen molar-refractivity contribution >= 4 is 23.4 Å². The highest BCUT2D eigenvalue weighted by Gasteiger charge is 2.18. The van der Waals surface area contributed by atoms with Crippen LogP contribution in [0.5, 0.6) is 11.5 Å². The molecule has 0 aliphatic rings. The van der Waals surface area contributed by atoms with E-state index in [0.29, 0.717) is 23.3 Å². The van der Waals surface area contributed by atoms with E-state index in [9.17, 15) is 9.18 Å². The Morgan fingerprint density at radius 3 is 2.44 bits per heavy atom. The van der Waals surface area contributed by atoms with Gasteiger partial charge in [0.05, 0.1) is 19.5 Å². The number of nitrogens with one attached hydrogen (secondary N) is 1. The summed E-state index contributed by atoms with van der Waals surface area (Å²) in [6.07, 6.45) is 0. The summed E-state index contributed by atoms with van der Waals surface area (Å²) in [5, 5.41) is 12.0.